The van der Waals surface area contributed by atoms with Crippen LogP contribution in [0.3, 0.4) is 0 Å². The number of para-hydroxylation sites is 1. The van der Waals surface area contributed by atoms with Crippen molar-refractivity contribution in [3.05, 3.63) is 72.1 Å². The van der Waals surface area contributed by atoms with Crippen molar-refractivity contribution < 1.29 is 14.3 Å². The molecule has 0 spiro atoms. The van der Waals surface area contributed by atoms with Crippen LogP contribution in [0, 0.1) is 0 Å². The van der Waals surface area contributed by atoms with E-state index in [4.69, 9.17) is 9.47 Å². The fourth-order valence-corrected chi connectivity index (χ4v) is 3.19. The van der Waals surface area contributed by atoms with Crippen LogP contribution in [0.25, 0.3) is 0 Å². The molecule has 0 bridgehead atoms. The Morgan fingerprint density at radius 3 is 2.48 bits per heavy atom. The van der Waals surface area contributed by atoms with E-state index in [0.717, 1.165) is 11.4 Å². The first kappa shape index (κ1) is 18.8. The summed E-state index contributed by atoms with van der Waals surface area (Å²) in [4.78, 5) is 16.8. The van der Waals surface area contributed by atoms with E-state index < -0.39 is 0 Å². The van der Waals surface area contributed by atoms with Crippen LogP contribution in [0.1, 0.15) is 35.8 Å². The van der Waals surface area contributed by atoms with Gasteiger partial charge < -0.3 is 20.1 Å². The number of nitrogens with zero attached hydrogens (tertiary/aromatic N) is 1. The highest BCUT2D eigenvalue weighted by Gasteiger charge is 2.14. The normalized spacial score (nSPS) is 12.5. The first-order chi connectivity index (χ1) is 14.1. The summed E-state index contributed by atoms with van der Waals surface area (Å²) in [5.41, 5.74) is 4.07. The summed E-state index contributed by atoms with van der Waals surface area (Å²) in [6, 6.07) is 17.1. The topological polar surface area (TPSA) is 72.5 Å². The van der Waals surface area contributed by atoms with Crippen molar-refractivity contribution in [2.45, 2.75) is 19.8 Å². The Kier molecular flexibility index (Phi) is 5.33. The molecule has 0 aliphatic carbocycles. The first-order valence-electron chi connectivity index (χ1n) is 9.63. The number of ether oxygens (including phenoxy) is 2. The molecule has 2 aromatic carbocycles. The van der Waals surface area contributed by atoms with Crippen molar-refractivity contribution >= 4 is 23.0 Å². The summed E-state index contributed by atoms with van der Waals surface area (Å²) in [7, 11) is 0. The number of benzene rings is 2. The molecular formula is C23H23N3O3. The summed E-state index contributed by atoms with van der Waals surface area (Å²) in [5.74, 6) is 1.44. The van der Waals surface area contributed by atoms with Gasteiger partial charge in [0.05, 0.1) is 11.9 Å². The monoisotopic (exact) mass is 389 g/mol. The van der Waals surface area contributed by atoms with Gasteiger partial charge >= 0.3 is 0 Å². The Morgan fingerprint density at radius 2 is 1.72 bits per heavy atom. The lowest BCUT2D eigenvalue weighted by atomic mass is 10.0. The predicted molar refractivity (Wildman–Crippen MR) is 113 cm³/mol. The van der Waals surface area contributed by atoms with Crippen LogP contribution < -0.4 is 20.1 Å². The second-order valence-electron chi connectivity index (χ2n) is 7.11. The minimum atomic E-state index is -0.282. The second kappa shape index (κ2) is 8.22. The maximum absolute atomic E-state index is 12.5. The Balaban J connectivity index is 1.44. The van der Waals surface area contributed by atoms with Gasteiger partial charge in [-0.15, -0.1) is 0 Å². The molecule has 2 N–H and O–H groups in total. The van der Waals surface area contributed by atoms with Gasteiger partial charge in [-0.1, -0.05) is 32.0 Å². The Bertz CT molecular complexity index is 1020. The number of pyridine rings is 1. The lowest BCUT2D eigenvalue weighted by Gasteiger charge is -2.19. The van der Waals surface area contributed by atoms with E-state index >= 15 is 0 Å². The number of fused-ring (bicyclic) bond motifs is 1. The minimum absolute atomic E-state index is 0.282. The van der Waals surface area contributed by atoms with Crippen molar-refractivity contribution in [3.63, 3.8) is 0 Å². The molecule has 0 saturated heterocycles. The van der Waals surface area contributed by atoms with E-state index in [1.165, 1.54) is 5.56 Å². The maximum Gasteiger partial charge on any atom is 0.274 e. The van der Waals surface area contributed by atoms with Crippen LogP contribution in [0.15, 0.2) is 60.8 Å². The van der Waals surface area contributed by atoms with Crippen LogP contribution in [-0.4, -0.2) is 24.1 Å². The number of nitrogens with one attached hydrogen (secondary N) is 2. The number of rotatable bonds is 5. The van der Waals surface area contributed by atoms with Gasteiger partial charge in [-0.2, -0.15) is 0 Å². The van der Waals surface area contributed by atoms with Gasteiger partial charge in [0.2, 0.25) is 0 Å². The van der Waals surface area contributed by atoms with Crippen LogP contribution in [0.5, 0.6) is 11.5 Å². The molecule has 2 heterocycles. The molecule has 3 aromatic rings. The lowest BCUT2D eigenvalue weighted by molar-refractivity contribution is 0.102. The van der Waals surface area contributed by atoms with Gasteiger partial charge in [0.25, 0.3) is 5.91 Å². The molecule has 0 saturated carbocycles. The standard InChI is InChI=1S/C23H23N3O3/c1-15(2)18-5-3-4-6-19(18)25-17-7-9-20(24-14-17)23(27)26-16-8-10-21-22(13-16)29-12-11-28-21/h3-10,13-15,25H,11-12H2,1-2H3,(H,26,27). The van der Waals surface area contributed by atoms with Crippen LogP contribution >= 0.6 is 0 Å². The number of carbonyl (C=O) groups is 1. The summed E-state index contributed by atoms with van der Waals surface area (Å²) < 4.78 is 11.0. The smallest absolute Gasteiger partial charge is 0.274 e. The quantitative estimate of drug-likeness (QED) is 0.644. The van der Waals surface area contributed by atoms with E-state index in [2.05, 4.69) is 35.5 Å². The van der Waals surface area contributed by atoms with E-state index in [9.17, 15) is 4.79 Å². The van der Waals surface area contributed by atoms with Gasteiger partial charge in [0.1, 0.15) is 18.9 Å². The third-order valence-corrected chi connectivity index (χ3v) is 4.66. The maximum atomic E-state index is 12.5. The molecule has 0 unspecified atom stereocenters. The molecule has 1 aliphatic rings. The molecule has 1 amide bonds. The summed E-state index contributed by atoms with van der Waals surface area (Å²) in [5, 5.41) is 6.22. The minimum Gasteiger partial charge on any atom is -0.486 e. The predicted octanol–water partition coefficient (Wildman–Crippen LogP) is 4.97. The Morgan fingerprint density at radius 1 is 0.966 bits per heavy atom. The number of anilines is 3. The van der Waals surface area contributed by atoms with Crippen LogP contribution in [0.4, 0.5) is 17.1 Å². The van der Waals surface area contributed by atoms with Crippen molar-refractivity contribution in [2.24, 2.45) is 0 Å². The molecule has 0 radical (unpaired) electrons. The number of hydrogen-bond acceptors (Lipinski definition) is 5. The van der Waals surface area contributed by atoms with Gasteiger partial charge in [-0.05, 0) is 41.8 Å². The molecule has 4 rings (SSSR count). The lowest BCUT2D eigenvalue weighted by Crippen LogP contribution is -2.17. The first-order valence-corrected chi connectivity index (χ1v) is 9.63. The second-order valence-corrected chi connectivity index (χ2v) is 7.11. The Labute approximate surface area is 169 Å². The zero-order chi connectivity index (χ0) is 20.2. The van der Waals surface area contributed by atoms with E-state index in [-0.39, 0.29) is 5.91 Å². The average molecular weight is 389 g/mol. The fourth-order valence-electron chi connectivity index (χ4n) is 3.19. The van der Waals surface area contributed by atoms with Gasteiger partial charge in [-0.3, -0.25) is 4.79 Å². The average Bonchev–Trinajstić information content (AvgIpc) is 2.74. The summed E-state index contributed by atoms with van der Waals surface area (Å²) >= 11 is 0. The van der Waals surface area contributed by atoms with E-state index in [0.29, 0.717) is 42.0 Å². The highest BCUT2D eigenvalue weighted by atomic mass is 16.6. The van der Waals surface area contributed by atoms with Crippen molar-refractivity contribution in [1.82, 2.24) is 4.98 Å². The largest absolute Gasteiger partial charge is 0.486 e. The molecule has 148 valence electrons. The van der Waals surface area contributed by atoms with Crippen LogP contribution in [-0.2, 0) is 0 Å². The molecule has 1 aromatic heterocycles. The van der Waals surface area contributed by atoms with Gasteiger partial charge in [-0.25, -0.2) is 4.98 Å². The molecule has 0 fully saturated rings. The zero-order valence-electron chi connectivity index (χ0n) is 16.4. The SMILES string of the molecule is CC(C)c1ccccc1Nc1ccc(C(=O)Nc2ccc3c(c2)OCCO3)nc1. The van der Waals surface area contributed by atoms with E-state index in [1.54, 1.807) is 30.5 Å². The summed E-state index contributed by atoms with van der Waals surface area (Å²) in [6.45, 7) is 5.35. The molecule has 1 aliphatic heterocycles. The number of aromatic nitrogens is 1. The van der Waals surface area contributed by atoms with Gasteiger partial charge in [0.15, 0.2) is 11.5 Å². The van der Waals surface area contributed by atoms with Crippen molar-refractivity contribution in [2.75, 3.05) is 23.8 Å². The van der Waals surface area contributed by atoms with Crippen molar-refractivity contribution in [1.29, 1.82) is 0 Å². The van der Waals surface area contributed by atoms with Crippen molar-refractivity contribution in [3.8, 4) is 11.5 Å². The van der Waals surface area contributed by atoms with Gasteiger partial charge in [0, 0.05) is 17.4 Å². The molecular weight excluding hydrogens is 366 g/mol. The molecule has 6 heteroatoms. The number of carbonyl (C=O) groups excluding carboxylic acids is 1. The third kappa shape index (κ3) is 4.32. The Hall–Kier alpha value is -3.54. The third-order valence-electron chi connectivity index (χ3n) is 4.66. The molecule has 6 nitrogen and oxygen atoms in total. The van der Waals surface area contributed by atoms with E-state index in [1.807, 2.05) is 24.3 Å². The number of amides is 1. The van der Waals surface area contributed by atoms with Crippen LogP contribution in [0.2, 0.25) is 0 Å². The zero-order valence-corrected chi connectivity index (χ0v) is 16.4. The number of hydrogen-bond donors (Lipinski definition) is 2. The summed E-state index contributed by atoms with van der Waals surface area (Å²) in [6.07, 6.45) is 1.66. The highest BCUT2D eigenvalue weighted by Crippen LogP contribution is 2.32. The highest BCUT2D eigenvalue weighted by molar-refractivity contribution is 6.03. The fraction of sp³-hybridized carbons (Fsp3) is 0.217. The molecule has 0 atom stereocenters. The molecule has 29 heavy (non-hydrogen) atoms.